The fourth-order valence-electron chi connectivity index (χ4n) is 2.50. The second kappa shape index (κ2) is 7.26. The molecule has 0 amide bonds. The smallest absolute Gasteiger partial charge is 0.285 e. The molecule has 0 saturated heterocycles. The zero-order valence-electron chi connectivity index (χ0n) is 13.3. The fraction of sp³-hybridized carbons (Fsp3) is 0.0556. The van der Waals surface area contributed by atoms with Crippen molar-refractivity contribution >= 4 is 44.9 Å². The molecule has 2 aromatic carbocycles. The zero-order valence-corrected chi connectivity index (χ0v) is 16.5. The maximum absolute atomic E-state index is 12.3. The Labute approximate surface area is 166 Å². The molecular formula is C18H12BrClN4OS. The number of nitrogens with one attached hydrogen (secondary N) is 1. The summed E-state index contributed by atoms with van der Waals surface area (Å²) in [4.78, 5) is 19.7. The number of thioether (sulfide) groups is 1. The number of aromatic amines is 1. The van der Waals surface area contributed by atoms with Crippen molar-refractivity contribution in [2.75, 3.05) is 0 Å². The van der Waals surface area contributed by atoms with Crippen molar-refractivity contribution in [1.82, 2.24) is 19.6 Å². The van der Waals surface area contributed by atoms with E-state index < -0.39 is 0 Å². The molecule has 0 aliphatic carbocycles. The molecule has 130 valence electrons. The molecule has 2 aromatic heterocycles. The molecule has 0 saturated carbocycles. The molecule has 8 heteroatoms. The Morgan fingerprint density at radius 2 is 1.85 bits per heavy atom. The van der Waals surface area contributed by atoms with E-state index >= 15 is 0 Å². The van der Waals surface area contributed by atoms with Crippen molar-refractivity contribution in [1.29, 1.82) is 0 Å². The molecule has 4 rings (SSSR count). The zero-order chi connectivity index (χ0) is 18.1. The van der Waals surface area contributed by atoms with Gasteiger partial charge in [0.05, 0.1) is 6.20 Å². The van der Waals surface area contributed by atoms with E-state index in [9.17, 15) is 4.79 Å². The number of rotatable bonds is 4. The lowest BCUT2D eigenvalue weighted by Crippen LogP contribution is -2.19. The highest BCUT2D eigenvalue weighted by atomic mass is 79.9. The number of fused-ring (bicyclic) bond motifs is 1. The van der Waals surface area contributed by atoms with Crippen LogP contribution in [0.3, 0.4) is 0 Å². The van der Waals surface area contributed by atoms with E-state index in [4.69, 9.17) is 11.6 Å². The number of hydrogen-bond donors (Lipinski definition) is 1. The molecular weight excluding hydrogens is 436 g/mol. The summed E-state index contributed by atoms with van der Waals surface area (Å²) in [6.45, 7) is 0. The average Bonchev–Trinajstić information content (AvgIpc) is 3.06. The molecule has 0 aliphatic rings. The third-order valence-corrected chi connectivity index (χ3v) is 5.53. The Kier molecular flexibility index (Phi) is 4.84. The van der Waals surface area contributed by atoms with Gasteiger partial charge in [0.2, 0.25) is 0 Å². The molecule has 1 N–H and O–H groups in total. The van der Waals surface area contributed by atoms with Crippen LogP contribution in [0.2, 0.25) is 5.02 Å². The summed E-state index contributed by atoms with van der Waals surface area (Å²) in [5.41, 5.74) is 3.10. The molecule has 0 radical (unpaired) electrons. The SMILES string of the molecule is O=c1[nH]c(SCc2ccc(Cl)cc2)nc2c(-c3ccc(Br)cc3)cnn12. The maximum Gasteiger partial charge on any atom is 0.350 e. The lowest BCUT2D eigenvalue weighted by Gasteiger charge is -2.04. The monoisotopic (exact) mass is 446 g/mol. The molecule has 0 spiro atoms. The van der Waals surface area contributed by atoms with E-state index in [2.05, 4.69) is 31.0 Å². The molecule has 0 fully saturated rings. The van der Waals surface area contributed by atoms with Gasteiger partial charge in [0.1, 0.15) is 0 Å². The van der Waals surface area contributed by atoms with Gasteiger partial charge in [-0.25, -0.2) is 9.78 Å². The van der Waals surface area contributed by atoms with Crippen LogP contribution in [0, 0.1) is 0 Å². The topological polar surface area (TPSA) is 63.0 Å². The van der Waals surface area contributed by atoms with Crippen molar-refractivity contribution in [3.8, 4) is 11.1 Å². The minimum absolute atomic E-state index is 0.308. The van der Waals surface area contributed by atoms with Gasteiger partial charge in [0.15, 0.2) is 10.8 Å². The van der Waals surface area contributed by atoms with Crippen molar-refractivity contribution in [3.05, 3.63) is 80.3 Å². The third kappa shape index (κ3) is 3.56. The van der Waals surface area contributed by atoms with Crippen LogP contribution in [0.1, 0.15) is 5.56 Å². The summed E-state index contributed by atoms with van der Waals surface area (Å²) in [5.74, 6) is 0.679. The van der Waals surface area contributed by atoms with Crippen molar-refractivity contribution in [3.63, 3.8) is 0 Å². The lowest BCUT2D eigenvalue weighted by atomic mass is 10.1. The first kappa shape index (κ1) is 17.3. The van der Waals surface area contributed by atoms with Gasteiger partial charge in [-0.3, -0.25) is 4.98 Å². The molecule has 2 heterocycles. The average molecular weight is 448 g/mol. The minimum atomic E-state index is -0.308. The Hall–Kier alpha value is -2.09. The largest absolute Gasteiger partial charge is 0.350 e. The molecule has 26 heavy (non-hydrogen) atoms. The minimum Gasteiger partial charge on any atom is -0.285 e. The standard InChI is InChI=1S/C18H12BrClN4OS/c19-13-5-3-12(4-6-13)15-9-21-24-16(15)22-17(23-18(24)25)26-10-11-1-7-14(20)8-2-11/h1-9H,10H2,(H,22,23,25). The van der Waals surface area contributed by atoms with Gasteiger partial charge < -0.3 is 0 Å². The van der Waals surface area contributed by atoms with E-state index in [1.54, 1.807) is 6.20 Å². The summed E-state index contributed by atoms with van der Waals surface area (Å²) in [6.07, 6.45) is 1.66. The first-order valence-electron chi connectivity index (χ1n) is 7.71. The molecule has 0 unspecified atom stereocenters. The Bertz CT molecular complexity index is 1120. The van der Waals surface area contributed by atoms with Gasteiger partial charge in [0, 0.05) is 20.8 Å². The predicted molar refractivity (Wildman–Crippen MR) is 108 cm³/mol. The van der Waals surface area contributed by atoms with Crippen molar-refractivity contribution < 1.29 is 0 Å². The maximum atomic E-state index is 12.3. The van der Waals surface area contributed by atoms with Crippen LogP contribution < -0.4 is 5.69 Å². The fourth-order valence-corrected chi connectivity index (χ4v) is 3.70. The van der Waals surface area contributed by atoms with Gasteiger partial charge >= 0.3 is 5.69 Å². The van der Waals surface area contributed by atoms with Crippen molar-refractivity contribution in [2.45, 2.75) is 10.9 Å². The van der Waals surface area contributed by atoms with Gasteiger partial charge in [-0.2, -0.15) is 9.61 Å². The second-order valence-electron chi connectivity index (χ2n) is 5.56. The predicted octanol–water partition coefficient (Wildman–Crippen LogP) is 4.79. The Morgan fingerprint density at radius 3 is 2.58 bits per heavy atom. The highest BCUT2D eigenvalue weighted by Crippen LogP contribution is 2.26. The Morgan fingerprint density at radius 1 is 1.12 bits per heavy atom. The highest BCUT2D eigenvalue weighted by molar-refractivity contribution is 9.10. The van der Waals surface area contributed by atoms with Gasteiger partial charge in [-0.1, -0.05) is 63.6 Å². The molecule has 0 atom stereocenters. The molecule has 4 aromatic rings. The number of hydrogen-bond acceptors (Lipinski definition) is 4. The lowest BCUT2D eigenvalue weighted by molar-refractivity contribution is 0.786. The quantitative estimate of drug-likeness (QED) is 0.457. The normalized spacial score (nSPS) is 11.2. The summed E-state index contributed by atoms with van der Waals surface area (Å²) in [6, 6.07) is 15.4. The molecule has 0 aliphatic heterocycles. The van der Waals surface area contributed by atoms with Gasteiger partial charge in [-0.15, -0.1) is 0 Å². The first-order chi connectivity index (χ1) is 12.6. The highest BCUT2D eigenvalue weighted by Gasteiger charge is 2.12. The van der Waals surface area contributed by atoms with E-state index in [0.717, 1.165) is 21.2 Å². The van der Waals surface area contributed by atoms with E-state index in [1.807, 2.05) is 48.5 Å². The van der Waals surface area contributed by atoms with Crippen LogP contribution >= 0.6 is 39.3 Å². The van der Waals surface area contributed by atoms with Gasteiger partial charge in [-0.05, 0) is 35.4 Å². The summed E-state index contributed by atoms with van der Waals surface area (Å²) in [5, 5.41) is 5.41. The number of nitrogens with zero attached hydrogens (tertiary/aromatic N) is 3. The van der Waals surface area contributed by atoms with Crippen LogP contribution in [-0.4, -0.2) is 19.6 Å². The van der Waals surface area contributed by atoms with Crippen molar-refractivity contribution in [2.24, 2.45) is 0 Å². The van der Waals surface area contributed by atoms with Crippen LogP contribution in [0.5, 0.6) is 0 Å². The molecule has 5 nitrogen and oxygen atoms in total. The second-order valence-corrected chi connectivity index (χ2v) is 7.88. The third-order valence-electron chi connectivity index (χ3n) is 3.80. The van der Waals surface area contributed by atoms with E-state index in [-0.39, 0.29) is 5.69 Å². The first-order valence-corrected chi connectivity index (χ1v) is 9.87. The number of H-pyrrole nitrogens is 1. The summed E-state index contributed by atoms with van der Waals surface area (Å²) < 4.78 is 2.27. The summed E-state index contributed by atoms with van der Waals surface area (Å²) >= 11 is 10.8. The van der Waals surface area contributed by atoms with E-state index in [1.165, 1.54) is 16.3 Å². The van der Waals surface area contributed by atoms with Gasteiger partial charge in [0.25, 0.3) is 0 Å². The Balaban J connectivity index is 1.68. The summed E-state index contributed by atoms with van der Waals surface area (Å²) in [7, 11) is 0. The van der Waals surface area contributed by atoms with Crippen LogP contribution in [-0.2, 0) is 5.75 Å². The van der Waals surface area contributed by atoms with Crippen LogP contribution in [0.4, 0.5) is 0 Å². The van der Waals surface area contributed by atoms with Crippen LogP contribution in [0.15, 0.2) is 69.2 Å². The number of halogens is 2. The number of benzene rings is 2. The van der Waals surface area contributed by atoms with Crippen LogP contribution in [0.25, 0.3) is 16.8 Å². The van der Waals surface area contributed by atoms with E-state index in [0.29, 0.717) is 21.6 Å². The molecule has 0 bridgehead atoms. The number of aromatic nitrogens is 4.